The highest BCUT2D eigenvalue weighted by molar-refractivity contribution is 5.82. The third-order valence-electron chi connectivity index (χ3n) is 5.17. The minimum atomic E-state index is -4.47. The molecule has 1 aromatic rings. The molecule has 0 unspecified atom stereocenters. The van der Waals surface area contributed by atoms with Crippen molar-refractivity contribution < 1.29 is 22.8 Å². The number of aryl methyl sites for hydroxylation is 1. The molecule has 156 valence electrons. The highest BCUT2D eigenvalue weighted by Gasteiger charge is 2.33. The van der Waals surface area contributed by atoms with Crippen LogP contribution in [0.3, 0.4) is 0 Å². The molecule has 2 aliphatic heterocycles. The third-order valence-corrected chi connectivity index (χ3v) is 5.17. The van der Waals surface area contributed by atoms with E-state index < -0.39 is 36.3 Å². The van der Waals surface area contributed by atoms with Crippen LogP contribution in [-0.2, 0) is 16.0 Å². The first-order valence-corrected chi connectivity index (χ1v) is 9.29. The maximum atomic E-state index is 12.7. The van der Waals surface area contributed by atoms with Crippen LogP contribution in [0.25, 0.3) is 0 Å². The van der Waals surface area contributed by atoms with Crippen molar-refractivity contribution in [3.8, 4) is 12.3 Å². The Morgan fingerprint density at radius 3 is 2.72 bits per heavy atom. The van der Waals surface area contributed by atoms with Gasteiger partial charge in [-0.25, -0.2) is 0 Å². The number of aromatic nitrogens is 1. The molecule has 3 rings (SSSR count). The van der Waals surface area contributed by atoms with E-state index in [1.165, 1.54) is 16.7 Å². The Balaban J connectivity index is 1.73. The van der Waals surface area contributed by atoms with Crippen molar-refractivity contribution in [2.45, 2.75) is 43.9 Å². The molecule has 1 aromatic heterocycles. The maximum absolute atomic E-state index is 12.7. The molecule has 1 saturated heterocycles. The molecule has 10 heteroatoms. The highest BCUT2D eigenvalue weighted by atomic mass is 19.4. The standard InChI is InChI=1S/C19H21F3N4O3/c1-2-12(9-11-7-8-23-16(11)27)25-17(28)15-6-4-13-3-5-14(18(29)26(13)15)24-10-19(20,21)22/h1,3,5,11-12,15,24H,4,6-10H2,(H,23,27)(H,25,28)/t11-,12+,15-/m0/s1. The lowest BCUT2D eigenvalue weighted by Gasteiger charge is -2.20. The fourth-order valence-corrected chi connectivity index (χ4v) is 3.72. The number of rotatable bonds is 6. The van der Waals surface area contributed by atoms with E-state index in [-0.39, 0.29) is 23.9 Å². The van der Waals surface area contributed by atoms with Gasteiger partial charge in [-0.05, 0) is 37.8 Å². The molecule has 1 fully saturated rings. The fourth-order valence-electron chi connectivity index (χ4n) is 3.72. The molecular formula is C19H21F3N4O3. The first-order chi connectivity index (χ1) is 13.7. The van der Waals surface area contributed by atoms with E-state index in [0.717, 1.165) is 0 Å². The highest BCUT2D eigenvalue weighted by Crippen LogP contribution is 2.26. The first kappa shape index (κ1) is 20.8. The van der Waals surface area contributed by atoms with Crippen LogP contribution in [0.1, 0.15) is 31.0 Å². The zero-order valence-corrected chi connectivity index (χ0v) is 15.5. The SMILES string of the molecule is C#C[C@H](C[C@@H]1CCNC1=O)NC(=O)[C@@H]1CCc2ccc(NCC(F)(F)F)c(=O)n21. The molecule has 2 aliphatic rings. The van der Waals surface area contributed by atoms with E-state index in [1.54, 1.807) is 0 Å². The van der Waals surface area contributed by atoms with Crippen LogP contribution in [0.4, 0.5) is 18.9 Å². The number of nitrogens with zero attached hydrogens (tertiary/aromatic N) is 1. The number of nitrogens with one attached hydrogen (secondary N) is 3. The Morgan fingerprint density at radius 1 is 1.34 bits per heavy atom. The molecule has 3 N–H and O–H groups in total. The van der Waals surface area contributed by atoms with Crippen LogP contribution < -0.4 is 21.5 Å². The van der Waals surface area contributed by atoms with Crippen LogP contribution in [0.2, 0.25) is 0 Å². The lowest BCUT2D eigenvalue weighted by Crippen LogP contribution is -2.42. The van der Waals surface area contributed by atoms with Gasteiger partial charge in [-0.15, -0.1) is 6.42 Å². The molecule has 3 heterocycles. The topological polar surface area (TPSA) is 92.2 Å². The van der Waals surface area contributed by atoms with Crippen molar-refractivity contribution in [3.63, 3.8) is 0 Å². The minimum Gasteiger partial charge on any atom is -0.372 e. The van der Waals surface area contributed by atoms with E-state index in [1.807, 2.05) is 0 Å². The smallest absolute Gasteiger partial charge is 0.372 e. The Labute approximate surface area is 165 Å². The lowest BCUT2D eigenvalue weighted by atomic mass is 9.98. The Morgan fingerprint density at radius 2 is 2.10 bits per heavy atom. The van der Waals surface area contributed by atoms with E-state index >= 15 is 0 Å². The van der Waals surface area contributed by atoms with E-state index in [0.29, 0.717) is 31.5 Å². The van der Waals surface area contributed by atoms with E-state index in [9.17, 15) is 27.6 Å². The quantitative estimate of drug-likeness (QED) is 0.609. The van der Waals surface area contributed by atoms with Crippen molar-refractivity contribution in [3.05, 3.63) is 28.2 Å². The molecule has 0 radical (unpaired) electrons. The van der Waals surface area contributed by atoms with Crippen LogP contribution in [0.5, 0.6) is 0 Å². The van der Waals surface area contributed by atoms with E-state index in [4.69, 9.17) is 6.42 Å². The second kappa shape index (κ2) is 8.19. The molecule has 7 nitrogen and oxygen atoms in total. The molecule has 0 spiro atoms. The van der Waals surface area contributed by atoms with Crippen molar-refractivity contribution in [1.82, 2.24) is 15.2 Å². The number of alkyl halides is 3. The summed E-state index contributed by atoms with van der Waals surface area (Å²) in [5.74, 6) is 1.58. The van der Waals surface area contributed by atoms with Crippen LogP contribution in [-0.4, -0.2) is 41.7 Å². The number of carbonyl (C=O) groups excluding carboxylic acids is 2. The maximum Gasteiger partial charge on any atom is 0.405 e. The third kappa shape index (κ3) is 4.72. The molecule has 0 aromatic carbocycles. The lowest BCUT2D eigenvalue weighted by molar-refractivity contribution is -0.126. The van der Waals surface area contributed by atoms with Gasteiger partial charge in [0, 0.05) is 18.2 Å². The van der Waals surface area contributed by atoms with Gasteiger partial charge in [0.2, 0.25) is 11.8 Å². The molecule has 2 amide bonds. The van der Waals surface area contributed by atoms with Gasteiger partial charge in [-0.2, -0.15) is 13.2 Å². The summed E-state index contributed by atoms with van der Waals surface area (Å²) in [6, 6.07) is 1.29. The summed E-state index contributed by atoms with van der Waals surface area (Å²) >= 11 is 0. The fraction of sp³-hybridized carbons (Fsp3) is 0.526. The average molecular weight is 410 g/mol. The summed E-state index contributed by atoms with van der Waals surface area (Å²) < 4.78 is 38.6. The summed E-state index contributed by atoms with van der Waals surface area (Å²) in [5, 5.41) is 7.47. The second-order valence-corrected chi connectivity index (χ2v) is 7.18. The molecular weight excluding hydrogens is 389 g/mol. The number of carbonyl (C=O) groups is 2. The van der Waals surface area contributed by atoms with Crippen molar-refractivity contribution >= 4 is 17.5 Å². The molecule has 0 bridgehead atoms. The van der Waals surface area contributed by atoms with Gasteiger partial charge in [0.15, 0.2) is 0 Å². The summed E-state index contributed by atoms with van der Waals surface area (Å²) in [5.41, 5.74) is -0.334. The van der Waals surface area contributed by atoms with Gasteiger partial charge in [0.05, 0.1) is 6.04 Å². The summed E-state index contributed by atoms with van der Waals surface area (Å²) in [4.78, 5) is 37.1. The van der Waals surface area contributed by atoms with Gasteiger partial charge < -0.3 is 16.0 Å². The second-order valence-electron chi connectivity index (χ2n) is 7.18. The summed E-state index contributed by atoms with van der Waals surface area (Å²) in [7, 11) is 0. The van der Waals surface area contributed by atoms with Crippen molar-refractivity contribution in [2.75, 3.05) is 18.4 Å². The Hall–Kier alpha value is -2.96. The number of amides is 2. The number of halogens is 3. The Kier molecular flexibility index (Phi) is 5.86. The number of hydrogen-bond acceptors (Lipinski definition) is 4. The van der Waals surface area contributed by atoms with Gasteiger partial charge in [-0.3, -0.25) is 19.0 Å². The van der Waals surface area contributed by atoms with Gasteiger partial charge in [0.25, 0.3) is 5.56 Å². The van der Waals surface area contributed by atoms with Crippen LogP contribution in [0.15, 0.2) is 16.9 Å². The molecule has 29 heavy (non-hydrogen) atoms. The molecule has 0 saturated carbocycles. The van der Waals surface area contributed by atoms with Gasteiger partial charge in [-0.1, -0.05) is 5.92 Å². The largest absolute Gasteiger partial charge is 0.405 e. The predicted molar refractivity (Wildman–Crippen MR) is 99.1 cm³/mol. The number of fused-ring (bicyclic) bond motifs is 1. The number of hydrogen-bond donors (Lipinski definition) is 3. The van der Waals surface area contributed by atoms with Crippen molar-refractivity contribution in [2.24, 2.45) is 5.92 Å². The monoisotopic (exact) mass is 410 g/mol. The average Bonchev–Trinajstić information content (AvgIpc) is 3.26. The summed E-state index contributed by atoms with van der Waals surface area (Å²) in [6.45, 7) is -0.783. The normalized spacial score (nSPS) is 21.8. The molecule has 3 atom stereocenters. The van der Waals surface area contributed by atoms with Crippen LogP contribution >= 0.6 is 0 Å². The van der Waals surface area contributed by atoms with Gasteiger partial charge >= 0.3 is 6.18 Å². The van der Waals surface area contributed by atoms with Crippen LogP contribution in [0, 0.1) is 18.3 Å². The molecule has 0 aliphatic carbocycles. The number of terminal acetylenes is 1. The van der Waals surface area contributed by atoms with Gasteiger partial charge in [0.1, 0.15) is 18.3 Å². The minimum absolute atomic E-state index is 0.109. The number of anilines is 1. The summed E-state index contributed by atoms with van der Waals surface area (Å²) in [6.07, 6.45) is 2.72. The predicted octanol–water partition coefficient (Wildman–Crippen LogP) is 0.954. The zero-order chi connectivity index (χ0) is 21.2. The van der Waals surface area contributed by atoms with Crippen molar-refractivity contribution in [1.29, 1.82) is 0 Å². The zero-order valence-electron chi connectivity index (χ0n) is 15.5. The van der Waals surface area contributed by atoms with E-state index in [2.05, 4.69) is 21.9 Å². The first-order valence-electron chi connectivity index (χ1n) is 9.29. The Bertz CT molecular complexity index is 903. The number of pyridine rings is 1.